The van der Waals surface area contributed by atoms with Crippen molar-refractivity contribution in [2.75, 3.05) is 37.6 Å². The van der Waals surface area contributed by atoms with Gasteiger partial charge in [-0.3, -0.25) is 10.2 Å². The molecule has 6 aliphatic rings. The normalized spacial score (nSPS) is 32.8. The zero-order chi connectivity index (χ0) is 25.1. The topological polar surface area (TPSA) is 116 Å². The van der Waals surface area contributed by atoms with Crippen molar-refractivity contribution in [1.29, 1.82) is 5.41 Å². The Morgan fingerprint density at radius 1 is 0.973 bits per heavy atom. The molecule has 37 heavy (non-hydrogen) atoms. The van der Waals surface area contributed by atoms with Crippen LogP contribution in [0, 0.1) is 28.6 Å². The van der Waals surface area contributed by atoms with Crippen molar-refractivity contribution < 1.29 is 9.32 Å². The Kier molecular flexibility index (Phi) is 5.44. The number of carbonyl (C=O) groups is 1. The van der Waals surface area contributed by atoms with Crippen LogP contribution in [-0.2, 0) is 4.79 Å². The quantitative estimate of drug-likeness (QED) is 0.483. The highest BCUT2D eigenvalue weighted by molar-refractivity contribution is 5.83. The van der Waals surface area contributed by atoms with Gasteiger partial charge in [-0.15, -0.1) is 0 Å². The van der Waals surface area contributed by atoms with Crippen LogP contribution in [0.15, 0.2) is 28.8 Å². The fourth-order valence-electron chi connectivity index (χ4n) is 8.50. The highest BCUT2D eigenvalue weighted by atomic mass is 16.5. The van der Waals surface area contributed by atoms with E-state index in [-0.39, 0.29) is 17.4 Å². The van der Waals surface area contributed by atoms with Gasteiger partial charge in [-0.2, -0.15) is 4.98 Å². The van der Waals surface area contributed by atoms with E-state index in [9.17, 15) is 4.79 Å². The molecule has 4 bridgehead atoms. The number of piperazine rings is 1. The van der Waals surface area contributed by atoms with Gasteiger partial charge in [0.05, 0.1) is 5.41 Å². The lowest BCUT2D eigenvalue weighted by molar-refractivity contribution is -0.158. The molecule has 1 amide bonds. The summed E-state index contributed by atoms with van der Waals surface area (Å²) in [7, 11) is 0. The molecule has 2 aromatic rings. The van der Waals surface area contributed by atoms with Crippen LogP contribution in [0.4, 0.5) is 5.69 Å². The molecule has 0 spiro atoms. The van der Waals surface area contributed by atoms with Crippen molar-refractivity contribution in [3.05, 3.63) is 30.2 Å². The minimum atomic E-state index is -0.115. The Morgan fingerprint density at radius 2 is 1.62 bits per heavy atom. The number of nitrogens with one attached hydrogen (secondary N) is 1. The number of guanidine groups is 1. The van der Waals surface area contributed by atoms with Crippen LogP contribution < -0.4 is 10.6 Å². The second-order valence-corrected chi connectivity index (χ2v) is 12.2. The van der Waals surface area contributed by atoms with E-state index in [1.54, 1.807) is 0 Å². The van der Waals surface area contributed by atoms with Gasteiger partial charge in [0.25, 0.3) is 0 Å². The summed E-state index contributed by atoms with van der Waals surface area (Å²) in [6.07, 6.45) is 9.37. The molecule has 9 heteroatoms. The second-order valence-electron chi connectivity index (χ2n) is 12.2. The summed E-state index contributed by atoms with van der Waals surface area (Å²) in [4.78, 5) is 24.7. The van der Waals surface area contributed by atoms with Gasteiger partial charge in [-0.25, -0.2) is 0 Å². The van der Waals surface area contributed by atoms with Crippen LogP contribution in [-0.4, -0.2) is 64.5 Å². The first-order valence-corrected chi connectivity index (χ1v) is 14.1. The molecule has 0 unspecified atom stereocenters. The molecule has 4 aliphatic carbocycles. The molecule has 8 rings (SSSR count). The van der Waals surface area contributed by atoms with E-state index in [4.69, 9.17) is 15.7 Å². The van der Waals surface area contributed by atoms with E-state index in [0.717, 1.165) is 93.8 Å². The molecular formula is C28H37N7O2. The number of amides is 1. The number of rotatable bonds is 4. The minimum Gasteiger partial charge on any atom is -0.370 e. The molecule has 0 radical (unpaired) electrons. The van der Waals surface area contributed by atoms with Gasteiger partial charge in [-0.05, 0) is 93.4 Å². The van der Waals surface area contributed by atoms with Crippen molar-refractivity contribution in [3.63, 3.8) is 0 Å². The molecule has 3 heterocycles. The summed E-state index contributed by atoms with van der Waals surface area (Å²) < 4.78 is 5.55. The van der Waals surface area contributed by atoms with Gasteiger partial charge in [0, 0.05) is 44.0 Å². The molecule has 1 aromatic carbocycles. The van der Waals surface area contributed by atoms with E-state index >= 15 is 0 Å². The molecule has 3 N–H and O–H groups in total. The number of hydrogen-bond acceptors (Lipinski definition) is 6. The van der Waals surface area contributed by atoms with Gasteiger partial charge in [0.2, 0.25) is 17.6 Å². The smallest absolute Gasteiger partial charge is 0.249 e. The molecule has 196 valence electrons. The number of anilines is 1. The Hall–Kier alpha value is -3.10. The SMILES string of the molecule is N=C(N)N1CCC[C@H]1c1nc(-c2ccc(N3CCN(C(=O)C45CC6CC(CC(C6)C4)C5)CC3)cc2)no1. The summed E-state index contributed by atoms with van der Waals surface area (Å²) in [6.45, 7) is 4.10. The standard InChI is InChI=1S/C28H37N7O2/c29-27(30)35-7-1-2-23(35)25-31-24(32-37-25)21-3-5-22(6-4-21)33-8-10-34(11-9-33)26(36)28-15-18-12-19(16-28)14-20(13-18)17-28/h3-6,18-20,23H,1-2,7-17H2,(H3,29,30)/t18?,19?,20?,23-,28?/m0/s1. The maximum Gasteiger partial charge on any atom is 0.249 e. The molecule has 9 nitrogen and oxygen atoms in total. The number of likely N-dealkylation sites (tertiary alicyclic amines) is 1. The summed E-state index contributed by atoms with van der Waals surface area (Å²) in [6, 6.07) is 8.18. The maximum absolute atomic E-state index is 13.7. The lowest BCUT2D eigenvalue weighted by atomic mass is 9.49. The minimum absolute atomic E-state index is 0.0397. The van der Waals surface area contributed by atoms with Gasteiger partial charge in [0.1, 0.15) is 6.04 Å². The van der Waals surface area contributed by atoms with E-state index in [2.05, 4.69) is 32.1 Å². The fourth-order valence-corrected chi connectivity index (χ4v) is 8.50. The van der Waals surface area contributed by atoms with Crippen molar-refractivity contribution in [2.45, 2.75) is 57.4 Å². The number of nitrogens with two attached hydrogens (primary N) is 1. The fraction of sp³-hybridized carbons (Fsp3) is 0.643. The lowest BCUT2D eigenvalue weighted by Gasteiger charge is -2.57. The van der Waals surface area contributed by atoms with Crippen LogP contribution >= 0.6 is 0 Å². The van der Waals surface area contributed by atoms with E-state index < -0.39 is 0 Å². The highest BCUT2D eigenvalue weighted by Gasteiger charge is 2.55. The molecule has 6 fully saturated rings. The summed E-state index contributed by atoms with van der Waals surface area (Å²) in [5.74, 6) is 3.99. The van der Waals surface area contributed by atoms with Crippen LogP contribution in [0.3, 0.4) is 0 Å². The Labute approximate surface area is 217 Å². The van der Waals surface area contributed by atoms with Crippen molar-refractivity contribution >= 4 is 17.6 Å². The predicted molar refractivity (Wildman–Crippen MR) is 140 cm³/mol. The number of hydrogen-bond donors (Lipinski definition) is 2. The number of carbonyl (C=O) groups excluding carboxylic acids is 1. The Balaban J connectivity index is 0.983. The third-order valence-corrected chi connectivity index (χ3v) is 9.84. The average Bonchev–Trinajstić information content (AvgIpc) is 3.58. The molecule has 4 saturated carbocycles. The summed E-state index contributed by atoms with van der Waals surface area (Å²) in [5.41, 5.74) is 7.74. The largest absolute Gasteiger partial charge is 0.370 e. The summed E-state index contributed by atoms with van der Waals surface area (Å²) >= 11 is 0. The Bertz CT molecular complexity index is 1150. The van der Waals surface area contributed by atoms with Gasteiger partial charge in [-0.1, -0.05) is 5.16 Å². The van der Waals surface area contributed by atoms with Crippen LogP contribution in [0.2, 0.25) is 0 Å². The first kappa shape index (κ1) is 23.0. The third-order valence-electron chi connectivity index (χ3n) is 9.84. The van der Waals surface area contributed by atoms with E-state index in [1.165, 1.54) is 19.3 Å². The molecular weight excluding hydrogens is 466 g/mol. The highest BCUT2D eigenvalue weighted by Crippen LogP contribution is 2.60. The van der Waals surface area contributed by atoms with E-state index in [1.807, 2.05) is 17.0 Å². The maximum atomic E-state index is 13.7. The van der Waals surface area contributed by atoms with Gasteiger partial charge >= 0.3 is 0 Å². The number of aromatic nitrogens is 2. The molecule has 1 aromatic heterocycles. The summed E-state index contributed by atoms with van der Waals surface area (Å²) in [5, 5.41) is 12.0. The third kappa shape index (κ3) is 3.97. The number of nitrogens with zero attached hydrogens (tertiary/aromatic N) is 5. The molecule has 1 atom stereocenters. The zero-order valence-corrected chi connectivity index (χ0v) is 21.4. The van der Waals surface area contributed by atoms with Crippen LogP contribution in [0.5, 0.6) is 0 Å². The van der Waals surface area contributed by atoms with Gasteiger partial charge < -0.3 is 25.0 Å². The van der Waals surface area contributed by atoms with Crippen molar-refractivity contribution in [1.82, 2.24) is 19.9 Å². The van der Waals surface area contributed by atoms with Gasteiger partial charge in [0.15, 0.2) is 5.96 Å². The lowest BCUT2D eigenvalue weighted by Crippen LogP contribution is -2.58. The first-order chi connectivity index (χ1) is 18.0. The molecule has 2 aliphatic heterocycles. The monoisotopic (exact) mass is 503 g/mol. The first-order valence-electron chi connectivity index (χ1n) is 14.1. The second kappa shape index (κ2) is 8.74. The average molecular weight is 504 g/mol. The predicted octanol–water partition coefficient (Wildman–Crippen LogP) is 3.63. The van der Waals surface area contributed by atoms with E-state index in [0.29, 0.717) is 17.6 Å². The molecule has 2 saturated heterocycles. The number of benzene rings is 1. The van der Waals surface area contributed by atoms with Crippen LogP contribution in [0.25, 0.3) is 11.4 Å². The van der Waals surface area contributed by atoms with Crippen molar-refractivity contribution in [3.8, 4) is 11.4 Å². The van der Waals surface area contributed by atoms with Crippen molar-refractivity contribution in [2.24, 2.45) is 28.9 Å². The van der Waals surface area contributed by atoms with Crippen LogP contribution in [0.1, 0.15) is 63.3 Å². The zero-order valence-electron chi connectivity index (χ0n) is 21.4. The Morgan fingerprint density at radius 3 is 2.24 bits per heavy atom.